The maximum Gasteiger partial charge on any atom is 0.146 e. The molecule has 0 aliphatic carbocycles. The van der Waals surface area contributed by atoms with E-state index in [0.717, 1.165) is 33.0 Å². The van der Waals surface area contributed by atoms with Crippen molar-refractivity contribution in [1.82, 2.24) is 4.98 Å². The van der Waals surface area contributed by atoms with Crippen molar-refractivity contribution in [3.63, 3.8) is 0 Å². The van der Waals surface area contributed by atoms with Crippen LogP contribution in [0.15, 0.2) is 42.5 Å². The predicted molar refractivity (Wildman–Crippen MR) is 89.0 cm³/mol. The molecular formula is C17H18N2OS. The Bertz CT molecular complexity index is 751. The number of rotatable bonds is 5. The third kappa shape index (κ3) is 3.06. The lowest BCUT2D eigenvalue weighted by atomic mass is 10.1. The molecule has 0 saturated carbocycles. The van der Waals surface area contributed by atoms with Crippen molar-refractivity contribution in [2.24, 2.45) is 5.73 Å². The first kappa shape index (κ1) is 14.0. The predicted octanol–water partition coefficient (Wildman–Crippen LogP) is 4.00. The first-order chi connectivity index (χ1) is 10.3. The highest BCUT2D eigenvalue weighted by molar-refractivity contribution is 7.21. The van der Waals surface area contributed by atoms with E-state index in [1.54, 1.807) is 11.3 Å². The van der Waals surface area contributed by atoms with Crippen molar-refractivity contribution in [2.75, 3.05) is 13.2 Å². The highest BCUT2D eigenvalue weighted by Crippen LogP contribution is 2.34. The fourth-order valence-corrected chi connectivity index (χ4v) is 3.19. The van der Waals surface area contributed by atoms with Gasteiger partial charge in [-0.1, -0.05) is 29.8 Å². The summed E-state index contributed by atoms with van der Waals surface area (Å²) in [6, 6.07) is 14.5. The van der Waals surface area contributed by atoms with E-state index in [1.165, 1.54) is 5.56 Å². The Morgan fingerprint density at radius 3 is 2.86 bits per heavy atom. The Hall–Kier alpha value is -1.91. The van der Waals surface area contributed by atoms with Crippen molar-refractivity contribution < 1.29 is 4.74 Å². The monoisotopic (exact) mass is 298 g/mol. The number of aromatic nitrogens is 1. The molecule has 0 atom stereocenters. The Balaban J connectivity index is 1.98. The van der Waals surface area contributed by atoms with Crippen molar-refractivity contribution >= 4 is 21.6 Å². The molecule has 2 aromatic carbocycles. The number of hydrogen-bond acceptors (Lipinski definition) is 4. The van der Waals surface area contributed by atoms with Gasteiger partial charge in [0.25, 0.3) is 0 Å². The van der Waals surface area contributed by atoms with Gasteiger partial charge in [0, 0.05) is 5.56 Å². The maximum atomic E-state index is 5.80. The van der Waals surface area contributed by atoms with Crippen LogP contribution >= 0.6 is 11.3 Å². The molecule has 2 N–H and O–H groups in total. The van der Waals surface area contributed by atoms with E-state index in [-0.39, 0.29) is 0 Å². The van der Waals surface area contributed by atoms with Crippen LogP contribution in [0.4, 0.5) is 0 Å². The number of thiazole rings is 1. The molecule has 21 heavy (non-hydrogen) atoms. The molecule has 0 aliphatic heterocycles. The maximum absolute atomic E-state index is 5.80. The van der Waals surface area contributed by atoms with E-state index in [0.29, 0.717) is 13.2 Å². The van der Waals surface area contributed by atoms with Gasteiger partial charge < -0.3 is 10.5 Å². The molecule has 0 bridgehead atoms. The number of nitrogens with zero attached hydrogens (tertiary/aromatic N) is 1. The van der Waals surface area contributed by atoms with Gasteiger partial charge in [0.1, 0.15) is 16.3 Å². The smallest absolute Gasteiger partial charge is 0.146 e. The average molecular weight is 298 g/mol. The molecule has 0 saturated heterocycles. The van der Waals surface area contributed by atoms with Gasteiger partial charge in [-0.05, 0) is 38.1 Å². The van der Waals surface area contributed by atoms with Crippen molar-refractivity contribution in [2.45, 2.75) is 13.3 Å². The summed E-state index contributed by atoms with van der Waals surface area (Å²) in [4.78, 5) is 4.77. The third-order valence-electron chi connectivity index (χ3n) is 3.25. The summed E-state index contributed by atoms with van der Waals surface area (Å²) in [5.41, 5.74) is 8.85. The minimum atomic E-state index is 0.632. The number of nitrogens with two attached hydrogens (primary N) is 1. The van der Waals surface area contributed by atoms with Gasteiger partial charge in [-0.25, -0.2) is 4.98 Å². The van der Waals surface area contributed by atoms with Crippen LogP contribution in [0.5, 0.6) is 5.75 Å². The zero-order chi connectivity index (χ0) is 14.7. The molecule has 3 rings (SSSR count). The molecule has 3 aromatic rings. The van der Waals surface area contributed by atoms with Gasteiger partial charge in [0.05, 0.1) is 11.3 Å². The highest BCUT2D eigenvalue weighted by Gasteiger charge is 2.10. The largest absolute Gasteiger partial charge is 0.491 e. The summed E-state index contributed by atoms with van der Waals surface area (Å²) < 4.78 is 6.95. The van der Waals surface area contributed by atoms with E-state index in [9.17, 15) is 0 Å². The molecule has 0 amide bonds. The van der Waals surface area contributed by atoms with Crippen LogP contribution in [-0.4, -0.2) is 18.1 Å². The molecule has 0 aliphatic rings. The Kier molecular flexibility index (Phi) is 4.18. The van der Waals surface area contributed by atoms with Crippen LogP contribution in [-0.2, 0) is 0 Å². The van der Waals surface area contributed by atoms with E-state index >= 15 is 0 Å². The number of hydrogen-bond donors (Lipinski definition) is 1. The van der Waals surface area contributed by atoms with Crippen LogP contribution in [0.1, 0.15) is 12.0 Å². The van der Waals surface area contributed by atoms with Gasteiger partial charge >= 0.3 is 0 Å². The third-order valence-corrected chi connectivity index (χ3v) is 4.32. The Morgan fingerprint density at radius 2 is 2.05 bits per heavy atom. The fraction of sp³-hybridized carbons (Fsp3) is 0.235. The van der Waals surface area contributed by atoms with E-state index in [2.05, 4.69) is 37.3 Å². The van der Waals surface area contributed by atoms with Crippen LogP contribution in [0, 0.1) is 6.92 Å². The number of aryl methyl sites for hydroxylation is 1. The van der Waals surface area contributed by atoms with Gasteiger partial charge in [-0.3, -0.25) is 0 Å². The quantitative estimate of drug-likeness (QED) is 0.724. The summed E-state index contributed by atoms with van der Waals surface area (Å²) >= 11 is 1.70. The lowest BCUT2D eigenvalue weighted by Gasteiger charge is -2.05. The molecular weight excluding hydrogens is 280 g/mol. The van der Waals surface area contributed by atoms with Gasteiger partial charge in [0.15, 0.2) is 0 Å². The van der Waals surface area contributed by atoms with Crippen molar-refractivity contribution in [3.05, 3.63) is 48.0 Å². The Morgan fingerprint density at radius 1 is 1.19 bits per heavy atom. The molecule has 3 nitrogen and oxygen atoms in total. The van der Waals surface area contributed by atoms with Crippen molar-refractivity contribution in [3.8, 4) is 16.3 Å². The standard InChI is InChI=1S/C17H18N2OS/c1-12-5-2-6-13(11-12)17-19-16-14(20-10-4-9-18)7-3-8-15(16)21-17/h2-3,5-8,11H,4,9-10,18H2,1H3. The molecule has 0 spiro atoms. The second-order valence-corrected chi connectivity index (χ2v) is 6.01. The van der Waals surface area contributed by atoms with E-state index < -0.39 is 0 Å². The van der Waals surface area contributed by atoms with Crippen LogP contribution in [0.2, 0.25) is 0 Å². The number of benzene rings is 2. The number of ether oxygens (including phenoxy) is 1. The summed E-state index contributed by atoms with van der Waals surface area (Å²) in [5, 5.41) is 1.03. The van der Waals surface area contributed by atoms with Crippen molar-refractivity contribution in [1.29, 1.82) is 0 Å². The first-order valence-corrected chi connectivity index (χ1v) is 7.89. The SMILES string of the molecule is Cc1cccc(-c2nc3c(OCCCN)cccc3s2)c1. The number of para-hydroxylation sites is 1. The average Bonchev–Trinajstić information content (AvgIpc) is 2.92. The van der Waals surface area contributed by atoms with Gasteiger partial charge in [0.2, 0.25) is 0 Å². The lowest BCUT2D eigenvalue weighted by molar-refractivity contribution is 0.316. The van der Waals surface area contributed by atoms with Crippen LogP contribution in [0.3, 0.4) is 0 Å². The molecule has 1 heterocycles. The molecule has 4 heteroatoms. The van der Waals surface area contributed by atoms with Gasteiger partial charge in [-0.2, -0.15) is 0 Å². The fourth-order valence-electron chi connectivity index (χ4n) is 2.21. The van der Waals surface area contributed by atoms with E-state index in [4.69, 9.17) is 15.5 Å². The minimum Gasteiger partial charge on any atom is -0.491 e. The molecule has 0 radical (unpaired) electrons. The number of fused-ring (bicyclic) bond motifs is 1. The topological polar surface area (TPSA) is 48.1 Å². The van der Waals surface area contributed by atoms with Crippen LogP contribution < -0.4 is 10.5 Å². The van der Waals surface area contributed by atoms with Crippen LogP contribution in [0.25, 0.3) is 20.8 Å². The summed E-state index contributed by atoms with van der Waals surface area (Å²) in [6.45, 7) is 3.37. The van der Waals surface area contributed by atoms with Gasteiger partial charge in [-0.15, -0.1) is 11.3 Å². The normalized spacial score (nSPS) is 11.0. The highest BCUT2D eigenvalue weighted by atomic mass is 32.1. The molecule has 108 valence electrons. The summed E-state index contributed by atoms with van der Waals surface area (Å²) in [5.74, 6) is 0.844. The molecule has 0 unspecified atom stereocenters. The second-order valence-electron chi connectivity index (χ2n) is 4.98. The molecule has 1 aromatic heterocycles. The summed E-state index contributed by atoms with van der Waals surface area (Å²) in [6.07, 6.45) is 0.852. The zero-order valence-corrected chi connectivity index (χ0v) is 12.8. The Labute approximate surface area is 128 Å². The summed E-state index contributed by atoms with van der Waals surface area (Å²) in [7, 11) is 0. The lowest BCUT2D eigenvalue weighted by Crippen LogP contribution is -2.06. The minimum absolute atomic E-state index is 0.632. The second kappa shape index (κ2) is 6.24. The first-order valence-electron chi connectivity index (χ1n) is 7.07. The van der Waals surface area contributed by atoms with E-state index in [1.807, 2.05) is 12.1 Å². The zero-order valence-electron chi connectivity index (χ0n) is 12.0. The molecule has 0 fully saturated rings.